The third kappa shape index (κ3) is 15.5. The average molecular weight is 601 g/mol. The van der Waals surface area contributed by atoms with Crippen molar-refractivity contribution < 1.29 is 38.1 Å². The van der Waals surface area contributed by atoms with Crippen molar-refractivity contribution in [2.24, 2.45) is 5.73 Å². The molecule has 0 aliphatic rings. The molecule has 2 amide bonds. The van der Waals surface area contributed by atoms with Gasteiger partial charge in [-0.25, -0.2) is 19.2 Å². The van der Waals surface area contributed by atoms with Crippen molar-refractivity contribution in [2.75, 3.05) is 32.7 Å². The number of carbonyl (C=O) groups is 4. The number of nitrogens with two attached hydrogens (primary N) is 1. The van der Waals surface area contributed by atoms with Crippen LogP contribution in [0.5, 0.6) is 0 Å². The molecule has 0 unspecified atom stereocenters. The molecule has 0 saturated carbocycles. The zero-order valence-electron chi connectivity index (χ0n) is 27.9. The minimum Gasteiger partial charge on any atom is -0.458 e. The van der Waals surface area contributed by atoms with Gasteiger partial charge in [0.25, 0.3) is 5.54 Å². The molecule has 4 N–H and O–H groups in total. The number of imide groups is 1. The summed E-state index contributed by atoms with van der Waals surface area (Å²) < 4.78 is 22.4. The Hall–Kier alpha value is -2.70. The molecule has 244 valence electrons. The summed E-state index contributed by atoms with van der Waals surface area (Å²) in [6.45, 7) is 21.7. The van der Waals surface area contributed by atoms with Gasteiger partial charge >= 0.3 is 24.1 Å². The Labute approximate surface area is 252 Å². The fraction of sp³-hybridized carbons (Fsp3) is 0.800. The number of nitrogens with zero attached hydrogens (tertiary/aromatic N) is 1. The molecular formula is C30H56N4O8. The van der Waals surface area contributed by atoms with Crippen LogP contribution < -0.4 is 16.4 Å². The van der Waals surface area contributed by atoms with Crippen molar-refractivity contribution in [1.82, 2.24) is 15.5 Å². The first kappa shape index (κ1) is 39.3. The van der Waals surface area contributed by atoms with Gasteiger partial charge < -0.3 is 35.3 Å². The van der Waals surface area contributed by atoms with Crippen LogP contribution in [0.1, 0.15) is 95.9 Å². The van der Waals surface area contributed by atoms with E-state index in [1.54, 1.807) is 83.1 Å². The summed E-state index contributed by atoms with van der Waals surface area (Å²) in [7, 11) is 0. The SMILES string of the molecule is CC(C)(C)OC(=O)N(C(=O)OC(C)(C)C)C(CCNCC=CCNCCCN)(C(=O)OC(C)(C)C)C(=O)OC(C)(C)C. The quantitative estimate of drug-likeness (QED) is 0.0920. The van der Waals surface area contributed by atoms with Crippen LogP contribution in [0.3, 0.4) is 0 Å². The number of ether oxygens (including phenoxy) is 4. The first-order chi connectivity index (χ1) is 18.9. The van der Waals surface area contributed by atoms with Crippen molar-refractivity contribution in [3.8, 4) is 0 Å². The van der Waals surface area contributed by atoms with E-state index >= 15 is 0 Å². The predicted octanol–water partition coefficient (Wildman–Crippen LogP) is 4.06. The monoisotopic (exact) mass is 600 g/mol. The summed E-state index contributed by atoms with van der Waals surface area (Å²) in [6.07, 6.45) is 1.78. The highest BCUT2D eigenvalue weighted by molar-refractivity contribution is 6.11. The molecule has 0 rings (SSSR count). The minimum absolute atomic E-state index is 0.0194. The Morgan fingerprint density at radius 1 is 0.619 bits per heavy atom. The van der Waals surface area contributed by atoms with Crippen molar-refractivity contribution in [2.45, 2.75) is 124 Å². The van der Waals surface area contributed by atoms with E-state index in [2.05, 4.69) is 10.6 Å². The molecule has 12 nitrogen and oxygen atoms in total. The minimum atomic E-state index is -2.58. The molecule has 0 heterocycles. The van der Waals surface area contributed by atoms with Gasteiger partial charge in [0.2, 0.25) is 0 Å². The summed E-state index contributed by atoms with van der Waals surface area (Å²) in [5.74, 6) is -2.30. The molecule has 0 aliphatic carbocycles. The summed E-state index contributed by atoms with van der Waals surface area (Å²) in [5, 5.41) is 6.35. The van der Waals surface area contributed by atoms with Crippen LogP contribution in [-0.2, 0) is 28.5 Å². The van der Waals surface area contributed by atoms with Crippen LogP contribution in [0.25, 0.3) is 0 Å². The Bertz CT molecular complexity index is 866. The van der Waals surface area contributed by atoms with Gasteiger partial charge in [0.1, 0.15) is 22.4 Å². The van der Waals surface area contributed by atoms with Crippen LogP contribution in [0, 0.1) is 0 Å². The fourth-order valence-electron chi connectivity index (χ4n) is 3.34. The molecule has 0 spiro atoms. The fourth-order valence-corrected chi connectivity index (χ4v) is 3.34. The molecule has 0 radical (unpaired) electrons. The Balaban J connectivity index is 6.77. The molecule has 0 saturated heterocycles. The van der Waals surface area contributed by atoms with Gasteiger partial charge in [0.05, 0.1) is 0 Å². The zero-order valence-corrected chi connectivity index (χ0v) is 27.9. The average Bonchev–Trinajstić information content (AvgIpc) is 2.74. The smallest absolute Gasteiger partial charge is 0.421 e. The molecule has 0 atom stereocenters. The van der Waals surface area contributed by atoms with Gasteiger partial charge in [-0.3, -0.25) is 0 Å². The van der Waals surface area contributed by atoms with Gasteiger partial charge in [-0.2, -0.15) is 4.90 Å². The molecular weight excluding hydrogens is 544 g/mol. The predicted molar refractivity (Wildman–Crippen MR) is 162 cm³/mol. The molecule has 0 bridgehead atoms. The third-order valence-corrected chi connectivity index (χ3v) is 4.92. The van der Waals surface area contributed by atoms with Crippen molar-refractivity contribution in [3.63, 3.8) is 0 Å². The topological polar surface area (TPSA) is 159 Å². The Kier molecular flexibility index (Phi) is 15.2. The first-order valence-corrected chi connectivity index (χ1v) is 14.4. The highest BCUT2D eigenvalue weighted by Gasteiger charge is 2.61. The molecule has 0 aromatic heterocycles. The molecule has 0 fully saturated rings. The summed E-state index contributed by atoms with van der Waals surface area (Å²) in [5.41, 5.74) is -1.40. The lowest BCUT2D eigenvalue weighted by molar-refractivity contribution is -0.187. The van der Waals surface area contributed by atoms with Crippen LogP contribution >= 0.6 is 0 Å². The Morgan fingerprint density at radius 2 is 0.976 bits per heavy atom. The van der Waals surface area contributed by atoms with E-state index in [1.807, 2.05) is 12.2 Å². The summed E-state index contributed by atoms with van der Waals surface area (Å²) >= 11 is 0. The second-order valence-electron chi connectivity index (χ2n) is 13.9. The highest BCUT2D eigenvalue weighted by atomic mass is 16.6. The number of amides is 2. The standard InChI is InChI=1S/C30H56N4O8/c1-26(2,3)39-22(35)30(23(36)40-27(4,5)6,16-21-33-19-14-13-18-32-20-15-17-31)34(24(37)41-28(7,8)9)25(38)42-29(10,11)12/h13-14,32-33H,15-21,31H2,1-12H3. The van der Waals surface area contributed by atoms with Gasteiger partial charge in [0, 0.05) is 19.5 Å². The number of nitrogens with one attached hydrogen (secondary N) is 2. The van der Waals surface area contributed by atoms with E-state index in [1.165, 1.54) is 0 Å². The van der Waals surface area contributed by atoms with E-state index in [0.29, 0.717) is 24.5 Å². The maximum absolute atomic E-state index is 14.0. The second kappa shape index (κ2) is 16.2. The normalized spacial score (nSPS) is 13.1. The van der Waals surface area contributed by atoms with E-state index in [9.17, 15) is 19.2 Å². The number of carbonyl (C=O) groups excluding carboxylic acids is 4. The Morgan fingerprint density at radius 3 is 1.31 bits per heavy atom. The maximum atomic E-state index is 14.0. The lowest BCUT2D eigenvalue weighted by Crippen LogP contribution is -2.68. The van der Waals surface area contributed by atoms with E-state index in [4.69, 9.17) is 24.7 Å². The number of hydrogen-bond donors (Lipinski definition) is 3. The van der Waals surface area contributed by atoms with Gasteiger partial charge in [-0.1, -0.05) is 12.2 Å². The van der Waals surface area contributed by atoms with E-state index < -0.39 is 52.1 Å². The largest absolute Gasteiger partial charge is 0.458 e. The maximum Gasteiger partial charge on any atom is 0.421 e. The van der Waals surface area contributed by atoms with Crippen LogP contribution in [0.15, 0.2) is 12.2 Å². The van der Waals surface area contributed by atoms with Crippen LogP contribution in [0.2, 0.25) is 0 Å². The molecule has 0 aliphatic heterocycles. The number of rotatable bonds is 13. The molecule has 42 heavy (non-hydrogen) atoms. The van der Waals surface area contributed by atoms with Gasteiger partial charge in [0.15, 0.2) is 0 Å². The van der Waals surface area contributed by atoms with Gasteiger partial charge in [-0.15, -0.1) is 0 Å². The zero-order chi connectivity index (χ0) is 33.0. The molecule has 0 aromatic carbocycles. The summed E-state index contributed by atoms with van der Waals surface area (Å²) in [4.78, 5) is 55.9. The van der Waals surface area contributed by atoms with Gasteiger partial charge in [-0.05, 0) is 109 Å². The van der Waals surface area contributed by atoms with E-state index in [0.717, 1.165) is 13.0 Å². The van der Waals surface area contributed by atoms with Crippen molar-refractivity contribution in [3.05, 3.63) is 12.2 Å². The van der Waals surface area contributed by atoms with Crippen LogP contribution in [-0.4, -0.2) is 89.7 Å². The van der Waals surface area contributed by atoms with Crippen molar-refractivity contribution in [1.29, 1.82) is 0 Å². The van der Waals surface area contributed by atoms with Crippen LogP contribution in [0.4, 0.5) is 9.59 Å². The highest BCUT2D eigenvalue weighted by Crippen LogP contribution is 2.32. The van der Waals surface area contributed by atoms with Crippen molar-refractivity contribution >= 4 is 24.1 Å². The first-order valence-electron chi connectivity index (χ1n) is 14.4. The lowest BCUT2D eigenvalue weighted by atomic mass is 9.92. The second-order valence-corrected chi connectivity index (χ2v) is 13.9. The third-order valence-electron chi connectivity index (χ3n) is 4.92. The summed E-state index contributed by atoms with van der Waals surface area (Å²) in [6, 6.07) is 0. The van der Waals surface area contributed by atoms with E-state index in [-0.39, 0.29) is 13.0 Å². The number of esters is 2. The number of hydrogen-bond acceptors (Lipinski definition) is 11. The molecule has 12 heteroatoms. The lowest BCUT2D eigenvalue weighted by Gasteiger charge is -2.41. The molecule has 0 aromatic rings.